The number of nitrogens with zero attached hydrogens (tertiary/aromatic N) is 1. The summed E-state index contributed by atoms with van der Waals surface area (Å²) in [4.78, 5) is 11.1. The first-order valence-electron chi connectivity index (χ1n) is 15.6. The molecule has 0 aromatic carbocycles. The van der Waals surface area contributed by atoms with Gasteiger partial charge in [-0.1, -0.05) is 147 Å². The van der Waals surface area contributed by atoms with Crippen LogP contribution in [0.1, 0.15) is 161 Å². The molecule has 0 aliphatic heterocycles. The highest BCUT2D eigenvalue weighted by Crippen LogP contribution is 2.15. The summed E-state index contributed by atoms with van der Waals surface area (Å²) in [7, 11) is 0. The normalized spacial score (nSPS) is 11.7. The van der Waals surface area contributed by atoms with E-state index in [9.17, 15) is 0 Å². The van der Waals surface area contributed by atoms with Gasteiger partial charge in [-0.25, -0.2) is 0 Å². The smallest absolute Gasteiger partial charge is 0.0733 e. The Hall–Kier alpha value is -0.200. The summed E-state index contributed by atoms with van der Waals surface area (Å²) < 4.78 is 0. The van der Waals surface area contributed by atoms with Crippen molar-refractivity contribution >= 4 is 0 Å². The molecule has 0 radical (unpaired) electrons. The summed E-state index contributed by atoms with van der Waals surface area (Å²) in [6.07, 6.45) is 31.9. The van der Waals surface area contributed by atoms with Crippen LogP contribution in [0.5, 0.6) is 0 Å². The highest BCUT2D eigenvalue weighted by atomic mass is 16.9. The summed E-state index contributed by atoms with van der Waals surface area (Å²) in [6, 6.07) is 0. The third kappa shape index (κ3) is 29.9. The summed E-state index contributed by atoms with van der Waals surface area (Å²) >= 11 is 0. The van der Waals surface area contributed by atoms with Crippen LogP contribution in [-0.4, -0.2) is 48.4 Å². The molecule has 0 bridgehead atoms. The Labute approximate surface area is 219 Å². The molecule has 212 valence electrons. The molecule has 0 aromatic rings. The topological polar surface area (TPSA) is 62.2 Å². The van der Waals surface area contributed by atoms with E-state index in [1.165, 1.54) is 135 Å². The lowest BCUT2D eigenvalue weighted by Crippen LogP contribution is -2.27. The van der Waals surface area contributed by atoms with Crippen molar-refractivity contribution in [1.82, 2.24) is 5.23 Å². The van der Waals surface area contributed by atoms with Crippen molar-refractivity contribution in [2.24, 2.45) is 0 Å². The zero-order valence-corrected chi connectivity index (χ0v) is 23.7. The quantitative estimate of drug-likeness (QED) is 0.0736. The highest BCUT2D eigenvalue weighted by Gasteiger charge is 2.06. The lowest BCUT2D eigenvalue weighted by molar-refractivity contribution is -0.369. The fourth-order valence-electron chi connectivity index (χ4n) is 4.48. The first kappa shape index (κ1) is 34.8. The third-order valence-electron chi connectivity index (χ3n) is 6.77. The van der Waals surface area contributed by atoms with Gasteiger partial charge in [-0.15, -0.1) is 0 Å². The van der Waals surface area contributed by atoms with E-state index in [1.807, 2.05) is 0 Å². The van der Waals surface area contributed by atoms with E-state index in [4.69, 9.17) is 19.9 Å². The van der Waals surface area contributed by atoms with Gasteiger partial charge >= 0.3 is 0 Å². The van der Waals surface area contributed by atoms with Gasteiger partial charge in [-0.2, -0.15) is 0 Å². The van der Waals surface area contributed by atoms with Gasteiger partial charge in [-0.05, 0) is 19.3 Å². The van der Waals surface area contributed by atoms with Crippen LogP contribution >= 0.6 is 0 Å². The van der Waals surface area contributed by atoms with Crippen LogP contribution in [0.4, 0.5) is 0 Å². The van der Waals surface area contributed by atoms with Crippen LogP contribution in [0.3, 0.4) is 0 Å². The number of hydroxylamine groups is 2. The lowest BCUT2D eigenvalue weighted by atomic mass is 10.0. The molecule has 0 amide bonds. The summed E-state index contributed by atoms with van der Waals surface area (Å²) in [5.74, 6) is 0. The fraction of sp³-hybridized carbons (Fsp3) is 1.00. The Bertz CT molecular complexity index is 360. The van der Waals surface area contributed by atoms with Gasteiger partial charge in [0.15, 0.2) is 0 Å². The van der Waals surface area contributed by atoms with E-state index in [-0.39, 0.29) is 13.2 Å². The zero-order valence-electron chi connectivity index (χ0n) is 23.7. The van der Waals surface area contributed by atoms with Crippen molar-refractivity contribution in [3.8, 4) is 0 Å². The average molecular weight is 502 g/mol. The van der Waals surface area contributed by atoms with Crippen molar-refractivity contribution in [2.45, 2.75) is 161 Å². The molecule has 0 fully saturated rings. The first-order valence-corrected chi connectivity index (χ1v) is 15.6. The Morgan fingerprint density at radius 1 is 0.400 bits per heavy atom. The summed E-state index contributed by atoms with van der Waals surface area (Å²) in [5, 5.41) is 19.3. The molecule has 35 heavy (non-hydrogen) atoms. The molecule has 5 nitrogen and oxygen atoms in total. The molecule has 0 aliphatic rings. The summed E-state index contributed by atoms with van der Waals surface area (Å²) in [5.41, 5.74) is 0. The largest absolute Gasteiger partial charge is 0.396 e. The van der Waals surface area contributed by atoms with Crippen LogP contribution in [0.2, 0.25) is 0 Å². The van der Waals surface area contributed by atoms with E-state index in [1.54, 1.807) is 5.23 Å². The van der Waals surface area contributed by atoms with Gasteiger partial charge in [0.05, 0.1) is 19.8 Å². The minimum absolute atomic E-state index is 0.129. The van der Waals surface area contributed by atoms with Gasteiger partial charge in [-0.3, -0.25) is 9.68 Å². The maximum Gasteiger partial charge on any atom is 0.0733 e. The van der Waals surface area contributed by atoms with Crippen molar-refractivity contribution in [2.75, 3.05) is 33.0 Å². The molecular weight excluding hydrogens is 438 g/mol. The number of unbranched alkanes of at least 4 members (excludes halogenated alkanes) is 21. The van der Waals surface area contributed by atoms with Crippen LogP contribution < -0.4 is 0 Å². The Balaban J connectivity index is 3.27. The molecule has 2 N–H and O–H groups in total. The second-order valence-corrected chi connectivity index (χ2v) is 10.3. The maximum atomic E-state index is 8.88. The van der Waals surface area contributed by atoms with Crippen molar-refractivity contribution in [1.29, 1.82) is 0 Å². The Morgan fingerprint density at radius 2 is 0.686 bits per heavy atom. The average Bonchev–Trinajstić information content (AvgIpc) is 2.87. The molecule has 0 aromatic heterocycles. The molecule has 0 atom stereocenters. The van der Waals surface area contributed by atoms with Crippen LogP contribution in [0, 0.1) is 0 Å². The first-order chi connectivity index (χ1) is 17.3. The number of rotatable bonds is 31. The number of hydrogen-bond acceptors (Lipinski definition) is 5. The third-order valence-corrected chi connectivity index (χ3v) is 6.77. The minimum atomic E-state index is 0.129. The van der Waals surface area contributed by atoms with Gasteiger partial charge in [0.1, 0.15) is 0 Å². The molecule has 0 saturated carbocycles. The summed E-state index contributed by atoms with van der Waals surface area (Å²) in [6.45, 7) is 4.23. The van der Waals surface area contributed by atoms with Gasteiger partial charge in [0.2, 0.25) is 0 Å². The van der Waals surface area contributed by atoms with E-state index < -0.39 is 0 Å². The molecule has 0 heterocycles. The van der Waals surface area contributed by atoms with E-state index in [0.717, 1.165) is 13.0 Å². The molecule has 0 saturated heterocycles. The molecule has 0 spiro atoms. The van der Waals surface area contributed by atoms with Crippen molar-refractivity contribution in [3.63, 3.8) is 0 Å². The van der Waals surface area contributed by atoms with Gasteiger partial charge in [0.25, 0.3) is 0 Å². The predicted molar refractivity (Wildman–Crippen MR) is 149 cm³/mol. The second kappa shape index (κ2) is 31.8. The zero-order chi connectivity index (χ0) is 25.5. The number of aliphatic hydroxyl groups is 2. The Morgan fingerprint density at radius 3 is 0.971 bits per heavy atom. The SMILES string of the molecule is CCCCCCCCCCCCCCCCCCCCCCCCN(OCCCO)OCCCO. The standard InChI is InChI=1S/C30H63NO4/c1-2-3-4-5-6-7-8-9-10-11-12-13-14-15-16-17-18-19-20-21-22-23-26-31(34-29-24-27-32)35-30-25-28-33/h32-33H,2-30H2,1H3. The Kier molecular flexibility index (Phi) is 31.6. The molecular formula is C30H63NO4. The fourth-order valence-corrected chi connectivity index (χ4v) is 4.48. The van der Waals surface area contributed by atoms with Gasteiger partial charge < -0.3 is 10.2 Å². The monoisotopic (exact) mass is 501 g/mol. The van der Waals surface area contributed by atoms with Crippen LogP contribution in [0.25, 0.3) is 0 Å². The highest BCUT2D eigenvalue weighted by molar-refractivity contribution is 4.51. The van der Waals surface area contributed by atoms with Crippen molar-refractivity contribution < 1.29 is 19.9 Å². The second-order valence-electron chi connectivity index (χ2n) is 10.3. The predicted octanol–water partition coefficient (Wildman–Crippen LogP) is 8.52. The van der Waals surface area contributed by atoms with E-state index in [2.05, 4.69) is 6.92 Å². The van der Waals surface area contributed by atoms with E-state index in [0.29, 0.717) is 26.1 Å². The maximum absolute atomic E-state index is 8.88. The van der Waals surface area contributed by atoms with E-state index >= 15 is 0 Å². The number of aliphatic hydroxyl groups excluding tert-OH is 2. The van der Waals surface area contributed by atoms with Crippen molar-refractivity contribution in [3.05, 3.63) is 0 Å². The molecule has 0 aliphatic carbocycles. The molecule has 5 heteroatoms. The molecule has 0 rings (SSSR count). The number of hydrogen-bond donors (Lipinski definition) is 2. The molecule has 0 unspecified atom stereocenters. The lowest BCUT2D eigenvalue weighted by Gasteiger charge is -2.20. The van der Waals surface area contributed by atoms with Crippen LogP contribution in [0.15, 0.2) is 0 Å². The van der Waals surface area contributed by atoms with Gasteiger partial charge in [0, 0.05) is 13.2 Å². The van der Waals surface area contributed by atoms with Crippen LogP contribution in [-0.2, 0) is 9.68 Å². The minimum Gasteiger partial charge on any atom is -0.396 e.